The van der Waals surface area contributed by atoms with Crippen molar-refractivity contribution in [1.82, 2.24) is 0 Å². The molecule has 0 saturated heterocycles. The minimum Gasteiger partial charge on any atom is -0.454 e. The average Bonchev–Trinajstić information content (AvgIpc) is 3.84. The Morgan fingerprint density at radius 1 is 0.422 bits per heavy atom. The van der Waals surface area contributed by atoms with Crippen molar-refractivity contribution in [2.24, 2.45) is 0 Å². The molecular weight excluding hydrogens is 779 g/mol. The third kappa shape index (κ3) is 5.47. The predicted molar refractivity (Wildman–Crippen MR) is 260 cm³/mol. The van der Waals surface area contributed by atoms with Gasteiger partial charge in [-0.15, -0.1) is 0 Å². The van der Waals surface area contributed by atoms with Gasteiger partial charge in [0, 0.05) is 28.9 Å². The molecule has 13 rings (SSSR count). The number of nitrogens with zero attached hydrogens (tertiary/aromatic N) is 1. The minimum atomic E-state index is -0.455. The fourth-order valence-corrected chi connectivity index (χ4v) is 11.0. The quantitative estimate of drug-likeness (QED) is 0.167. The van der Waals surface area contributed by atoms with E-state index in [1.807, 2.05) is 0 Å². The van der Waals surface area contributed by atoms with Crippen LogP contribution < -0.4 is 14.4 Å². The van der Waals surface area contributed by atoms with E-state index in [4.69, 9.17) is 9.47 Å². The van der Waals surface area contributed by atoms with Crippen LogP contribution in [0.1, 0.15) is 28.7 Å². The fourth-order valence-electron chi connectivity index (χ4n) is 11.0. The summed E-state index contributed by atoms with van der Waals surface area (Å²) in [4.78, 5) is 2.48. The highest BCUT2D eigenvalue weighted by Crippen LogP contribution is 2.65. The van der Waals surface area contributed by atoms with Gasteiger partial charge in [0.15, 0.2) is 17.3 Å². The molecule has 3 nitrogen and oxygen atoms in total. The summed E-state index contributed by atoms with van der Waals surface area (Å²) >= 11 is 0. The summed E-state index contributed by atoms with van der Waals surface area (Å²) in [5, 5.41) is 0. The summed E-state index contributed by atoms with van der Waals surface area (Å²) in [6, 6.07) is 78.8. The van der Waals surface area contributed by atoms with Gasteiger partial charge in [0.2, 0.25) is 0 Å². The first-order valence-electron chi connectivity index (χ1n) is 22.2. The van der Waals surface area contributed by atoms with Crippen LogP contribution in [-0.4, -0.2) is 6.04 Å². The second-order valence-electron chi connectivity index (χ2n) is 17.1. The van der Waals surface area contributed by atoms with Crippen molar-refractivity contribution in [1.29, 1.82) is 0 Å². The van der Waals surface area contributed by atoms with E-state index in [9.17, 15) is 0 Å². The lowest BCUT2D eigenvalue weighted by Gasteiger charge is -2.37. The Morgan fingerprint density at radius 2 is 0.969 bits per heavy atom. The number of anilines is 2. The van der Waals surface area contributed by atoms with E-state index in [-0.39, 0.29) is 6.04 Å². The van der Waals surface area contributed by atoms with Crippen molar-refractivity contribution in [3.63, 3.8) is 0 Å². The van der Waals surface area contributed by atoms with Crippen LogP contribution in [0.5, 0.6) is 11.5 Å². The molecule has 0 amide bonds. The summed E-state index contributed by atoms with van der Waals surface area (Å²) in [5.74, 6) is 3.11. The molecule has 0 aromatic heterocycles. The van der Waals surface area contributed by atoms with Gasteiger partial charge in [-0.2, -0.15) is 0 Å². The number of fused-ring (bicyclic) bond motifs is 12. The van der Waals surface area contributed by atoms with E-state index in [1.54, 1.807) is 0 Å². The highest BCUT2D eigenvalue weighted by atomic mass is 16.6. The number of hydrogen-bond donors (Lipinski definition) is 0. The summed E-state index contributed by atoms with van der Waals surface area (Å²) < 4.78 is 14.2. The van der Waals surface area contributed by atoms with Crippen LogP contribution in [0.25, 0.3) is 55.6 Å². The largest absolute Gasteiger partial charge is 0.454 e. The summed E-state index contributed by atoms with van der Waals surface area (Å²) in [6.07, 6.45) is 5.04. The van der Waals surface area contributed by atoms with Crippen LogP contribution in [0.3, 0.4) is 0 Å². The molecular formula is C61H41NO2. The Morgan fingerprint density at radius 3 is 1.69 bits per heavy atom. The Kier molecular flexibility index (Phi) is 8.26. The van der Waals surface area contributed by atoms with Crippen molar-refractivity contribution in [2.75, 3.05) is 4.90 Å². The Balaban J connectivity index is 0.906. The normalized spacial score (nSPS) is 15.5. The van der Waals surface area contributed by atoms with E-state index in [1.165, 1.54) is 61.2 Å². The van der Waals surface area contributed by atoms with Gasteiger partial charge in [-0.1, -0.05) is 194 Å². The number of para-hydroxylation sites is 1. The van der Waals surface area contributed by atoms with Crippen molar-refractivity contribution >= 4 is 11.4 Å². The van der Waals surface area contributed by atoms with Crippen LogP contribution in [0.15, 0.2) is 242 Å². The molecule has 9 aromatic rings. The van der Waals surface area contributed by atoms with Gasteiger partial charge in [-0.05, 0) is 103 Å². The van der Waals surface area contributed by atoms with E-state index >= 15 is 0 Å². The lowest BCUT2D eigenvalue weighted by Crippen LogP contribution is -2.34. The molecule has 1 aliphatic heterocycles. The lowest BCUT2D eigenvalue weighted by molar-refractivity contribution is 0.286. The maximum atomic E-state index is 7.12. The van der Waals surface area contributed by atoms with Crippen molar-refractivity contribution in [3.05, 3.63) is 264 Å². The van der Waals surface area contributed by atoms with Gasteiger partial charge in [-0.3, -0.25) is 0 Å². The topological polar surface area (TPSA) is 21.7 Å². The summed E-state index contributed by atoms with van der Waals surface area (Å²) in [6.45, 7) is 0. The Labute approximate surface area is 373 Å². The third-order valence-electron chi connectivity index (χ3n) is 13.7. The summed E-state index contributed by atoms with van der Waals surface area (Å²) in [7, 11) is 0. The zero-order valence-corrected chi connectivity index (χ0v) is 35.0. The van der Waals surface area contributed by atoms with Gasteiger partial charge in [0.1, 0.15) is 5.76 Å². The number of ether oxygens (including phenoxy) is 2. The molecule has 0 N–H and O–H groups in total. The number of hydrogen-bond acceptors (Lipinski definition) is 3. The summed E-state index contributed by atoms with van der Waals surface area (Å²) in [5.41, 5.74) is 18.8. The Bertz CT molecular complexity index is 3340. The molecule has 1 unspecified atom stereocenters. The second kappa shape index (κ2) is 14.5. The molecule has 1 atom stereocenters. The molecule has 1 heterocycles. The average molecular weight is 820 g/mol. The first kappa shape index (κ1) is 36.5. The zero-order valence-electron chi connectivity index (χ0n) is 35.0. The van der Waals surface area contributed by atoms with Crippen LogP contribution in [0.4, 0.5) is 11.4 Å². The predicted octanol–water partition coefficient (Wildman–Crippen LogP) is 15.2. The third-order valence-corrected chi connectivity index (χ3v) is 13.7. The first-order valence-corrected chi connectivity index (χ1v) is 22.2. The molecule has 302 valence electrons. The van der Waals surface area contributed by atoms with Crippen LogP contribution in [0.2, 0.25) is 0 Å². The zero-order chi connectivity index (χ0) is 42.2. The standard InChI is InChI=1S/C61H41NO2/c1-3-17-40(18-4-1)42-21-15-22-43(37-42)44-23-16-24-45(38-44)62(55-32-14-10-25-47(55)41-19-5-2-6-20-41)46-33-35-56-58(39-46)63-57-36-34-54-59(60(57)64-56)50-28-9-13-31-53(50)61(54)51-29-11-7-26-48(51)49-27-8-12-30-52(49)61/h1-38,46H,39H2. The van der Waals surface area contributed by atoms with Crippen molar-refractivity contribution < 1.29 is 9.47 Å². The number of rotatable bonds is 6. The maximum absolute atomic E-state index is 7.12. The fraction of sp³-hybridized carbons (Fsp3) is 0.0492. The highest BCUT2D eigenvalue weighted by molar-refractivity contribution is 5.97. The molecule has 0 saturated carbocycles. The molecule has 3 aliphatic carbocycles. The van der Waals surface area contributed by atoms with Gasteiger partial charge in [-0.25, -0.2) is 0 Å². The van der Waals surface area contributed by atoms with Crippen LogP contribution in [0, 0.1) is 0 Å². The molecule has 3 heteroatoms. The SMILES string of the molecule is C1=CC(N(c2cccc(-c3cccc(-c4ccccc4)c3)c2)c2ccccc2-c2ccccc2)CC2=C1Oc1c(ccc3c1-c1ccccc1C31c3ccccc3-c3ccccc31)O2. The van der Waals surface area contributed by atoms with Crippen molar-refractivity contribution in [3.8, 4) is 67.1 Å². The molecule has 1 spiro atoms. The van der Waals surface area contributed by atoms with Gasteiger partial charge >= 0.3 is 0 Å². The first-order chi connectivity index (χ1) is 31.7. The lowest BCUT2D eigenvalue weighted by atomic mass is 9.70. The molecule has 64 heavy (non-hydrogen) atoms. The minimum absolute atomic E-state index is 0.0791. The van der Waals surface area contributed by atoms with Crippen LogP contribution >= 0.6 is 0 Å². The maximum Gasteiger partial charge on any atom is 0.178 e. The van der Waals surface area contributed by atoms with Crippen LogP contribution in [-0.2, 0) is 5.41 Å². The molecule has 0 bridgehead atoms. The Hall–Kier alpha value is -8.14. The second-order valence-corrected chi connectivity index (χ2v) is 17.1. The van der Waals surface area contributed by atoms with E-state index in [0.717, 1.165) is 51.1 Å². The molecule has 9 aromatic carbocycles. The van der Waals surface area contributed by atoms with E-state index in [2.05, 4.69) is 235 Å². The monoisotopic (exact) mass is 819 g/mol. The van der Waals surface area contributed by atoms with E-state index < -0.39 is 5.41 Å². The van der Waals surface area contributed by atoms with Gasteiger partial charge in [0.25, 0.3) is 0 Å². The highest BCUT2D eigenvalue weighted by Gasteiger charge is 2.53. The molecule has 4 aliphatic rings. The molecule has 0 radical (unpaired) electrons. The van der Waals surface area contributed by atoms with Gasteiger partial charge < -0.3 is 14.4 Å². The van der Waals surface area contributed by atoms with E-state index in [0.29, 0.717) is 6.42 Å². The number of allylic oxidation sites excluding steroid dienone is 1. The smallest absolute Gasteiger partial charge is 0.178 e. The van der Waals surface area contributed by atoms with Crippen molar-refractivity contribution in [2.45, 2.75) is 17.9 Å². The number of benzene rings is 9. The van der Waals surface area contributed by atoms with Gasteiger partial charge in [0.05, 0.1) is 11.5 Å². The molecule has 0 fully saturated rings.